The Hall–Kier alpha value is -2.28. The Morgan fingerprint density at radius 1 is 1.26 bits per heavy atom. The maximum absolute atomic E-state index is 5.46. The zero-order valence-corrected chi connectivity index (χ0v) is 11.0. The molecule has 0 aliphatic rings. The summed E-state index contributed by atoms with van der Waals surface area (Å²) in [7, 11) is 0. The fraction of sp³-hybridized carbons (Fsp3) is 0.333. The molecule has 0 aliphatic heterocycles. The molecular formula is C12H17N7. The van der Waals surface area contributed by atoms with E-state index in [-0.39, 0.29) is 0 Å². The highest BCUT2D eigenvalue weighted by Gasteiger charge is 2.09. The standard InChI is InChI=1S/C12H17N7/c1-3-10-17-11(8(2)12(18-10)19-13)15-6-9-4-5-14-7-16-9/h4-5,7H,3,6,13H2,1-2H3,(H2,15,17,18,19). The Morgan fingerprint density at radius 2 is 2.05 bits per heavy atom. The maximum atomic E-state index is 5.46. The van der Waals surface area contributed by atoms with Crippen molar-refractivity contribution >= 4 is 11.6 Å². The van der Waals surface area contributed by atoms with Gasteiger partial charge in [-0.1, -0.05) is 6.92 Å². The Kier molecular flexibility index (Phi) is 4.19. The predicted molar refractivity (Wildman–Crippen MR) is 73.3 cm³/mol. The number of anilines is 2. The monoisotopic (exact) mass is 259 g/mol. The largest absolute Gasteiger partial charge is 0.364 e. The third-order valence-corrected chi connectivity index (χ3v) is 2.73. The number of nitrogens with one attached hydrogen (secondary N) is 2. The molecular weight excluding hydrogens is 242 g/mol. The number of rotatable bonds is 5. The van der Waals surface area contributed by atoms with Gasteiger partial charge in [0.15, 0.2) is 0 Å². The van der Waals surface area contributed by atoms with E-state index >= 15 is 0 Å². The second-order valence-corrected chi connectivity index (χ2v) is 4.01. The van der Waals surface area contributed by atoms with Crippen LogP contribution in [0.25, 0.3) is 0 Å². The lowest BCUT2D eigenvalue weighted by molar-refractivity contribution is 0.914. The Morgan fingerprint density at radius 3 is 2.68 bits per heavy atom. The van der Waals surface area contributed by atoms with E-state index in [0.717, 1.165) is 29.3 Å². The highest BCUT2D eigenvalue weighted by Crippen LogP contribution is 2.19. The minimum absolute atomic E-state index is 0.577. The molecule has 0 unspecified atom stereocenters. The minimum Gasteiger partial charge on any atom is -0.364 e. The van der Waals surface area contributed by atoms with Crippen LogP contribution in [-0.2, 0) is 13.0 Å². The number of aryl methyl sites for hydroxylation is 1. The van der Waals surface area contributed by atoms with Gasteiger partial charge < -0.3 is 10.7 Å². The van der Waals surface area contributed by atoms with Gasteiger partial charge in [-0.3, -0.25) is 0 Å². The second-order valence-electron chi connectivity index (χ2n) is 4.01. The third-order valence-electron chi connectivity index (χ3n) is 2.73. The van der Waals surface area contributed by atoms with E-state index in [0.29, 0.717) is 12.4 Å². The molecule has 0 spiro atoms. The quantitative estimate of drug-likeness (QED) is 0.544. The Balaban J connectivity index is 2.19. The maximum Gasteiger partial charge on any atom is 0.148 e. The number of hydrogen-bond acceptors (Lipinski definition) is 7. The van der Waals surface area contributed by atoms with Crippen LogP contribution in [0.5, 0.6) is 0 Å². The van der Waals surface area contributed by atoms with Crippen LogP contribution >= 0.6 is 0 Å². The van der Waals surface area contributed by atoms with Crippen LogP contribution in [0, 0.1) is 6.92 Å². The molecule has 0 fully saturated rings. The fourth-order valence-corrected chi connectivity index (χ4v) is 1.63. The van der Waals surface area contributed by atoms with Crippen LogP contribution in [-0.4, -0.2) is 19.9 Å². The molecule has 0 saturated heterocycles. The molecule has 4 N–H and O–H groups in total. The predicted octanol–water partition coefficient (Wildman–Crippen LogP) is 1.04. The zero-order chi connectivity index (χ0) is 13.7. The average Bonchev–Trinajstić information content (AvgIpc) is 2.47. The van der Waals surface area contributed by atoms with Gasteiger partial charge in [0.05, 0.1) is 12.2 Å². The lowest BCUT2D eigenvalue weighted by Crippen LogP contribution is -2.15. The SMILES string of the molecule is CCc1nc(NN)c(C)c(NCc2ccncn2)n1. The van der Waals surface area contributed by atoms with Crippen molar-refractivity contribution < 1.29 is 0 Å². The molecule has 0 bridgehead atoms. The summed E-state index contributed by atoms with van der Waals surface area (Å²) < 4.78 is 0. The third kappa shape index (κ3) is 3.14. The van der Waals surface area contributed by atoms with E-state index in [2.05, 4.69) is 30.7 Å². The van der Waals surface area contributed by atoms with Crippen LogP contribution in [0.2, 0.25) is 0 Å². The highest BCUT2D eigenvalue weighted by molar-refractivity contribution is 5.56. The summed E-state index contributed by atoms with van der Waals surface area (Å²) >= 11 is 0. The molecule has 0 amide bonds. The van der Waals surface area contributed by atoms with Crippen molar-refractivity contribution in [3.05, 3.63) is 35.7 Å². The van der Waals surface area contributed by atoms with Gasteiger partial charge >= 0.3 is 0 Å². The summed E-state index contributed by atoms with van der Waals surface area (Å²) in [5.41, 5.74) is 4.37. The molecule has 0 radical (unpaired) electrons. The van der Waals surface area contributed by atoms with Gasteiger partial charge in [0.1, 0.15) is 23.8 Å². The van der Waals surface area contributed by atoms with Crippen LogP contribution in [0.3, 0.4) is 0 Å². The van der Waals surface area contributed by atoms with Crippen molar-refractivity contribution in [2.75, 3.05) is 10.7 Å². The van der Waals surface area contributed by atoms with Crippen molar-refractivity contribution in [2.24, 2.45) is 5.84 Å². The van der Waals surface area contributed by atoms with Crippen LogP contribution in [0.15, 0.2) is 18.6 Å². The molecule has 0 aliphatic carbocycles. The van der Waals surface area contributed by atoms with Crippen molar-refractivity contribution in [1.82, 2.24) is 19.9 Å². The van der Waals surface area contributed by atoms with E-state index in [1.807, 2.05) is 19.9 Å². The number of nitrogens with zero attached hydrogens (tertiary/aromatic N) is 4. The van der Waals surface area contributed by atoms with Gasteiger partial charge in [-0.15, -0.1) is 0 Å². The Bertz CT molecular complexity index is 541. The van der Waals surface area contributed by atoms with Crippen LogP contribution in [0.1, 0.15) is 24.0 Å². The molecule has 2 aromatic heterocycles. The van der Waals surface area contributed by atoms with E-state index < -0.39 is 0 Å². The van der Waals surface area contributed by atoms with E-state index in [4.69, 9.17) is 5.84 Å². The molecule has 7 heteroatoms. The average molecular weight is 259 g/mol. The number of hydrogen-bond donors (Lipinski definition) is 3. The van der Waals surface area contributed by atoms with Crippen molar-refractivity contribution in [1.29, 1.82) is 0 Å². The molecule has 2 heterocycles. The molecule has 2 rings (SSSR count). The van der Waals surface area contributed by atoms with E-state index in [9.17, 15) is 0 Å². The van der Waals surface area contributed by atoms with Gasteiger partial charge in [0.25, 0.3) is 0 Å². The summed E-state index contributed by atoms with van der Waals surface area (Å²) in [4.78, 5) is 16.8. The molecule has 100 valence electrons. The molecule has 0 saturated carbocycles. The smallest absolute Gasteiger partial charge is 0.148 e. The molecule has 0 aromatic carbocycles. The van der Waals surface area contributed by atoms with E-state index in [1.165, 1.54) is 6.33 Å². The number of hydrazine groups is 1. The zero-order valence-electron chi connectivity index (χ0n) is 11.0. The topological polar surface area (TPSA) is 102 Å². The van der Waals surface area contributed by atoms with Gasteiger partial charge in [0.2, 0.25) is 0 Å². The number of nitrogen functional groups attached to an aromatic ring is 1. The lowest BCUT2D eigenvalue weighted by Gasteiger charge is -2.12. The van der Waals surface area contributed by atoms with Crippen LogP contribution in [0.4, 0.5) is 11.6 Å². The summed E-state index contributed by atoms with van der Waals surface area (Å²) in [6.07, 6.45) is 3.98. The van der Waals surface area contributed by atoms with Crippen LogP contribution < -0.4 is 16.6 Å². The molecule has 19 heavy (non-hydrogen) atoms. The highest BCUT2D eigenvalue weighted by atomic mass is 15.3. The second kappa shape index (κ2) is 6.05. The first-order valence-corrected chi connectivity index (χ1v) is 6.07. The summed E-state index contributed by atoms with van der Waals surface area (Å²) in [6.45, 7) is 4.49. The summed E-state index contributed by atoms with van der Waals surface area (Å²) in [6, 6.07) is 1.85. The normalized spacial score (nSPS) is 10.3. The summed E-state index contributed by atoms with van der Waals surface area (Å²) in [5.74, 6) is 7.60. The van der Waals surface area contributed by atoms with Gasteiger partial charge in [-0.2, -0.15) is 0 Å². The van der Waals surface area contributed by atoms with Gasteiger partial charge in [-0.25, -0.2) is 25.8 Å². The first-order chi connectivity index (χ1) is 9.24. The van der Waals surface area contributed by atoms with Gasteiger partial charge in [-0.05, 0) is 13.0 Å². The number of nitrogens with two attached hydrogens (primary N) is 1. The Labute approximate surface area is 111 Å². The molecule has 7 nitrogen and oxygen atoms in total. The fourth-order valence-electron chi connectivity index (χ4n) is 1.63. The molecule has 2 aromatic rings. The molecule has 0 atom stereocenters. The van der Waals surface area contributed by atoms with E-state index in [1.54, 1.807) is 6.20 Å². The lowest BCUT2D eigenvalue weighted by atomic mass is 10.3. The first kappa shape index (κ1) is 13.2. The van der Waals surface area contributed by atoms with Crippen molar-refractivity contribution in [3.8, 4) is 0 Å². The minimum atomic E-state index is 0.577. The van der Waals surface area contributed by atoms with Crippen molar-refractivity contribution in [3.63, 3.8) is 0 Å². The van der Waals surface area contributed by atoms with Crippen molar-refractivity contribution in [2.45, 2.75) is 26.8 Å². The van der Waals surface area contributed by atoms with Gasteiger partial charge in [0, 0.05) is 18.2 Å². The summed E-state index contributed by atoms with van der Waals surface area (Å²) in [5, 5.41) is 3.24. The number of aromatic nitrogens is 4. The first-order valence-electron chi connectivity index (χ1n) is 6.07.